The van der Waals surface area contributed by atoms with E-state index in [1.54, 1.807) is 14.1 Å². The predicted molar refractivity (Wildman–Crippen MR) is 78.0 cm³/mol. The molecule has 2 rings (SSSR count). The van der Waals surface area contributed by atoms with Gasteiger partial charge in [-0.25, -0.2) is 16.8 Å². The minimum Gasteiger partial charge on any atom is -0.347 e. The largest absolute Gasteiger partial charge is 0.347 e. The number of sulfone groups is 1. The number of piperazine rings is 1. The lowest BCUT2D eigenvalue weighted by atomic mass is 10.2. The molecule has 2 saturated heterocycles. The quantitative estimate of drug-likeness (QED) is 0.630. The number of amides is 1. The molecule has 2 heterocycles. The summed E-state index contributed by atoms with van der Waals surface area (Å²) in [5, 5.41) is 2.08. The molecular formula is C11H21N3O5S2. The van der Waals surface area contributed by atoms with Crippen LogP contribution in [0.4, 0.5) is 0 Å². The van der Waals surface area contributed by atoms with Crippen LogP contribution >= 0.6 is 0 Å². The normalized spacial score (nSPS) is 30.2. The molecule has 122 valence electrons. The molecule has 2 unspecified atom stereocenters. The van der Waals surface area contributed by atoms with E-state index in [1.807, 2.05) is 0 Å². The minimum atomic E-state index is -3.79. The molecule has 10 heteroatoms. The lowest BCUT2D eigenvalue weighted by Gasteiger charge is -2.36. The highest BCUT2D eigenvalue weighted by atomic mass is 32.2. The average molecular weight is 339 g/mol. The van der Waals surface area contributed by atoms with Gasteiger partial charge in [0.2, 0.25) is 15.9 Å². The fourth-order valence-corrected chi connectivity index (χ4v) is 7.35. The zero-order chi connectivity index (χ0) is 15.8. The van der Waals surface area contributed by atoms with Crippen molar-refractivity contribution < 1.29 is 21.6 Å². The number of rotatable bonds is 3. The zero-order valence-corrected chi connectivity index (χ0v) is 13.8. The molecule has 21 heavy (non-hydrogen) atoms. The van der Waals surface area contributed by atoms with Gasteiger partial charge in [0, 0.05) is 33.7 Å². The van der Waals surface area contributed by atoms with Gasteiger partial charge in [0.05, 0.1) is 16.8 Å². The summed E-state index contributed by atoms with van der Waals surface area (Å²) in [4.78, 5) is 13.5. The number of sulfonamides is 1. The van der Waals surface area contributed by atoms with Crippen LogP contribution in [0.15, 0.2) is 0 Å². The Morgan fingerprint density at radius 1 is 1.33 bits per heavy atom. The molecule has 0 radical (unpaired) electrons. The number of nitrogens with zero attached hydrogens (tertiary/aromatic N) is 2. The van der Waals surface area contributed by atoms with Gasteiger partial charge in [-0.05, 0) is 6.42 Å². The molecule has 2 aliphatic heterocycles. The second-order valence-electron chi connectivity index (χ2n) is 5.63. The highest BCUT2D eigenvalue weighted by Crippen LogP contribution is 2.24. The average Bonchev–Trinajstić information content (AvgIpc) is 2.79. The molecule has 0 aromatic carbocycles. The van der Waals surface area contributed by atoms with Gasteiger partial charge in [-0.1, -0.05) is 0 Å². The fourth-order valence-electron chi connectivity index (χ4n) is 2.69. The maximum Gasteiger partial charge on any atom is 0.241 e. The molecule has 1 N–H and O–H groups in total. The van der Waals surface area contributed by atoms with Crippen LogP contribution in [-0.2, 0) is 24.7 Å². The van der Waals surface area contributed by atoms with Crippen LogP contribution in [0.5, 0.6) is 0 Å². The molecule has 0 aliphatic carbocycles. The van der Waals surface area contributed by atoms with Crippen LogP contribution < -0.4 is 5.32 Å². The van der Waals surface area contributed by atoms with E-state index < -0.39 is 31.2 Å². The van der Waals surface area contributed by atoms with Crippen molar-refractivity contribution in [2.24, 2.45) is 0 Å². The van der Waals surface area contributed by atoms with E-state index in [1.165, 1.54) is 9.21 Å². The van der Waals surface area contributed by atoms with E-state index in [-0.39, 0.29) is 36.9 Å². The molecular weight excluding hydrogens is 318 g/mol. The summed E-state index contributed by atoms with van der Waals surface area (Å²) >= 11 is 0. The van der Waals surface area contributed by atoms with Crippen molar-refractivity contribution in [1.29, 1.82) is 0 Å². The monoisotopic (exact) mass is 339 g/mol. The molecule has 0 spiro atoms. The van der Waals surface area contributed by atoms with Crippen LogP contribution in [-0.4, -0.2) is 88.5 Å². The number of hydrogen-bond donors (Lipinski definition) is 1. The predicted octanol–water partition coefficient (Wildman–Crippen LogP) is -2.13. The van der Waals surface area contributed by atoms with E-state index >= 15 is 0 Å². The van der Waals surface area contributed by atoms with E-state index in [2.05, 4.69) is 5.32 Å². The molecule has 8 nitrogen and oxygen atoms in total. The highest BCUT2D eigenvalue weighted by Gasteiger charge is 2.45. The maximum absolute atomic E-state index is 12.7. The standard InChI is InChI=1S/C11H21N3O5S2/c1-13(2)11(15)10-7-12-4-5-14(10)21(18,19)9-3-6-20(16,17)8-9/h9-10,12H,3-8H2,1-2H3. The second-order valence-corrected chi connectivity index (χ2v) is 10.0. The van der Waals surface area contributed by atoms with Crippen molar-refractivity contribution in [1.82, 2.24) is 14.5 Å². The first-order valence-corrected chi connectivity index (χ1v) is 10.1. The van der Waals surface area contributed by atoms with Crippen LogP contribution in [0.25, 0.3) is 0 Å². The number of nitrogens with one attached hydrogen (secondary N) is 1. The summed E-state index contributed by atoms with van der Waals surface area (Å²) in [6.45, 7) is 0.884. The molecule has 0 aromatic rings. The Bertz CT molecular complexity index is 614. The summed E-state index contributed by atoms with van der Waals surface area (Å²) in [7, 11) is -3.94. The third-order valence-electron chi connectivity index (χ3n) is 3.86. The number of likely N-dealkylation sites (N-methyl/N-ethyl adjacent to an activating group) is 1. The van der Waals surface area contributed by atoms with Crippen molar-refractivity contribution in [3.63, 3.8) is 0 Å². The first-order chi connectivity index (χ1) is 9.65. The molecule has 0 saturated carbocycles. The summed E-state index contributed by atoms with van der Waals surface area (Å²) < 4.78 is 49.6. The maximum atomic E-state index is 12.7. The van der Waals surface area contributed by atoms with E-state index in [0.717, 1.165) is 0 Å². The molecule has 2 fully saturated rings. The van der Waals surface area contributed by atoms with Crippen molar-refractivity contribution in [2.75, 3.05) is 45.2 Å². The van der Waals surface area contributed by atoms with Crippen molar-refractivity contribution >= 4 is 25.8 Å². The van der Waals surface area contributed by atoms with Gasteiger partial charge in [-0.2, -0.15) is 4.31 Å². The highest BCUT2D eigenvalue weighted by molar-refractivity contribution is 7.95. The Kier molecular flexibility index (Phi) is 4.62. The number of hydrogen-bond acceptors (Lipinski definition) is 6. The van der Waals surface area contributed by atoms with Gasteiger partial charge in [0.1, 0.15) is 6.04 Å². The van der Waals surface area contributed by atoms with Crippen LogP contribution in [0, 0.1) is 0 Å². The number of carbonyl (C=O) groups is 1. The van der Waals surface area contributed by atoms with Gasteiger partial charge in [-0.15, -0.1) is 0 Å². The Balaban J connectivity index is 2.26. The van der Waals surface area contributed by atoms with E-state index in [9.17, 15) is 21.6 Å². The Morgan fingerprint density at radius 3 is 2.52 bits per heavy atom. The summed E-state index contributed by atoms with van der Waals surface area (Å²) in [6.07, 6.45) is 0.109. The van der Waals surface area contributed by atoms with Gasteiger partial charge >= 0.3 is 0 Å². The molecule has 2 atom stereocenters. The van der Waals surface area contributed by atoms with Gasteiger partial charge < -0.3 is 10.2 Å². The molecule has 0 bridgehead atoms. The lowest BCUT2D eigenvalue weighted by Crippen LogP contribution is -2.60. The van der Waals surface area contributed by atoms with Crippen molar-refractivity contribution in [3.05, 3.63) is 0 Å². The minimum absolute atomic E-state index is 0.102. The zero-order valence-electron chi connectivity index (χ0n) is 12.1. The second kappa shape index (κ2) is 5.82. The summed E-state index contributed by atoms with van der Waals surface area (Å²) in [6, 6.07) is -0.804. The van der Waals surface area contributed by atoms with E-state index in [0.29, 0.717) is 6.54 Å². The fraction of sp³-hybridized carbons (Fsp3) is 0.909. The van der Waals surface area contributed by atoms with Crippen molar-refractivity contribution in [3.8, 4) is 0 Å². The smallest absolute Gasteiger partial charge is 0.241 e. The van der Waals surface area contributed by atoms with Gasteiger partial charge in [0.25, 0.3) is 0 Å². The van der Waals surface area contributed by atoms with Crippen molar-refractivity contribution in [2.45, 2.75) is 17.7 Å². The molecule has 1 amide bonds. The Hall–Kier alpha value is -0.710. The van der Waals surface area contributed by atoms with Gasteiger partial charge in [0.15, 0.2) is 9.84 Å². The van der Waals surface area contributed by atoms with Crippen LogP contribution in [0.2, 0.25) is 0 Å². The number of carbonyl (C=O) groups excluding carboxylic acids is 1. The summed E-state index contributed by atoms with van der Waals surface area (Å²) in [5.41, 5.74) is 0. The van der Waals surface area contributed by atoms with E-state index in [4.69, 9.17) is 0 Å². The Morgan fingerprint density at radius 2 is 2.00 bits per heavy atom. The molecule has 2 aliphatic rings. The van der Waals surface area contributed by atoms with Crippen LogP contribution in [0.1, 0.15) is 6.42 Å². The molecule has 0 aromatic heterocycles. The third kappa shape index (κ3) is 3.38. The first-order valence-electron chi connectivity index (χ1n) is 6.78. The SMILES string of the molecule is CN(C)C(=O)C1CNCCN1S(=O)(=O)C1CCS(=O)(=O)C1. The topological polar surface area (TPSA) is 104 Å². The first kappa shape index (κ1) is 16.7. The van der Waals surface area contributed by atoms with Crippen LogP contribution in [0.3, 0.4) is 0 Å². The lowest BCUT2D eigenvalue weighted by molar-refractivity contribution is -0.133. The third-order valence-corrected chi connectivity index (χ3v) is 8.17. The Labute approximate surface area is 125 Å². The summed E-state index contributed by atoms with van der Waals surface area (Å²) in [5.74, 6) is -0.746. The van der Waals surface area contributed by atoms with Gasteiger partial charge in [-0.3, -0.25) is 4.79 Å².